The molecule has 5 aliphatic carbocycles. The van der Waals surface area contributed by atoms with Crippen LogP contribution in [0.2, 0.25) is 0 Å². The van der Waals surface area contributed by atoms with Crippen molar-refractivity contribution in [3.63, 3.8) is 0 Å². The summed E-state index contributed by atoms with van der Waals surface area (Å²) in [7, 11) is 0. The Balaban J connectivity index is 1.38. The van der Waals surface area contributed by atoms with E-state index < -0.39 is 45.9 Å². The fraction of sp³-hybridized carbons (Fsp3) is 0.900. The topological polar surface area (TPSA) is 96.2 Å². The summed E-state index contributed by atoms with van der Waals surface area (Å²) in [5.41, 5.74) is -2.94. The Morgan fingerprint density at radius 3 is 2.36 bits per heavy atom. The van der Waals surface area contributed by atoms with Crippen LogP contribution < -0.4 is 0 Å². The van der Waals surface area contributed by atoms with Gasteiger partial charge in [0.2, 0.25) is 0 Å². The molecule has 4 saturated carbocycles. The molecule has 13 atom stereocenters. The number of hydrogen-bond acceptors (Lipinski definition) is 6. The maximum atomic E-state index is 12.9. The van der Waals surface area contributed by atoms with Crippen molar-refractivity contribution in [1.82, 2.24) is 0 Å². The van der Waals surface area contributed by atoms with E-state index in [1.165, 1.54) is 0 Å². The first-order valence-corrected chi connectivity index (χ1v) is 14.2. The Hall–Kier alpha value is -0.790. The van der Waals surface area contributed by atoms with Crippen molar-refractivity contribution in [1.29, 1.82) is 0 Å². The Bertz CT molecular complexity index is 1080. The molecule has 3 N–H and O–H groups in total. The third kappa shape index (κ3) is 2.20. The molecule has 6 fully saturated rings. The average Bonchev–Trinajstić information content (AvgIpc) is 3.27. The quantitative estimate of drug-likeness (QED) is 0.509. The highest BCUT2D eigenvalue weighted by Crippen LogP contribution is 2.89. The van der Waals surface area contributed by atoms with Gasteiger partial charge < -0.3 is 24.8 Å². The van der Waals surface area contributed by atoms with E-state index in [0.29, 0.717) is 6.42 Å². The molecule has 36 heavy (non-hydrogen) atoms. The van der Waals surface area contributed by atoms with E-state index in [2.05, 4.69) is 40.7 Å². The van der Waals surface area contributed by atoms with Crippen molar-refractivity contribution in [2.75, 3.05) is 0 Å². The second-order valence-electron chi connectivity index (χ2n) is 15.4. The Morgan fingerprint density at radius 1 is 1.03 bits per heavy atom. The van der Waals surface area contributed by atoms with Crippen molar-refractivity contribution in [3.05, 3.63) is 12.2 Å². The normalized spacial score (nSPS) is 62.1. The molecule has 2 aliphatic heterocycles. The van der Waals surface area contributed by atoms with Crippen molar-refractivity contribution >= 4 is 5.78 Å². The minimum Gasteiger partial charge on any atom is -0.393 e. The van der Waals surface area contributed by atoms with Crippen molar-refractivity contribution in [2.45, 2.75) is 116 Å². The van der Waals surface area contributed by atoms with Crippen LogP contribution in [0.5, 0.6) is 0 Å². The number of ketones is 1. The first kappa shape index (κ1) is 24.3. The summed E-state index contributed by atoms with van der Waals surface area (Å²) < 4.78 is 13.4. The number of carbonyl (C=O) groups is 1. The van der Waals surface area contributed by atoms with Gasteiger partial charge in [-0.15, -0.1) is 0 Å². The lowest BCUT2D eigenvalue weighted by Crippen LogP contribution is -2.63. The van der Waals surface area contributed by atoms with Gasteiger partial charge in [0.25, 0.3) is 0 Å². The van der Waals surface area contributed by atoms with Gasteiger partial charge in [0.1, 0.15) is 12.2 Å². The fourth-order valence-corrected chi connectivity index (χ4v) is 12.0. The molecule has 0 amide bonds. The van der Waals surface area contributed by atoms with E-state index in [-0.39, 0.29) is 46.4 Å². The molecule has 7 rings (SSSR count). The highest BCUT2D eigenvalue weighted by atomic mass is 16.8. The van der Waals surface area contributed by atoms with Gasteiger partial charge in [-0.3, -0.25) is 4.79 Å². The van der Waals surface area contributed by atoms with Gasteiger partial charge >= 0.3 is 0 Å². The van der Waals surface area contributed by atoms with E-state index >= 15 is 0 Å². The molecule has 200 valence electrons. The summed E-state index contributed by atoms with van der Waals surface area (Å²) in [6.07, 6.45) is 5.97. The van der Waals surface area contributed by atoms with Crippen LogP contribution in [-0.4, -0.2) is 56.9 Å². The standard InChI is InChI=1S/C30H44O6/c1-15-12-16-22(25(4,5)34)36-30(35-16)21(15)27(7)20(32)13-29-14-28(29)11-10-19(31)24(2,3)17(28)8-9-18(29)26(27,6)23(30)33/h10-11,15-18,20-23,32-34H,8-9,12-14H2,1-7H3/t15-,16-,17+,18+,20-,21-,22+,23-,26-,27-,28-,29+,30+/m1/s1. The highest BCUT2D eigenvalue weighted by molar-refractivity contribution is 5.96. The van der Waals surface area contributed by atoms with Crippen LogP contribution in [-0.2, 0) is 14.3 Å². The predicted octanol–water partition coefficient (Wildman–Crippen LogP) is 3.61. The number of carbonyl (C=O) groups excluding carboxylic acids is 1. The molecule has 0 radical (unpaired) electrons. The molecule has 0 aromatic heterocycles. The van der Waals surface area contributed by atoms with E-state index in [1.807, 2.05) is 6.08 Å². The zero-order valence-electron chi connectivity index (χ0n) is 22.9. The maximum Gasteiger partial charge on any atom is 0.199 e. The minimum atomic E-state index is -1.22. The first-order chi connectivity index (χ1) is 16.5. The van der Waals surface area contributed by atoms with E-state index in [1.54, 1.807) is 13.8 Å². The third-order valence-electron chi connectivity index (χ3n) is 13.5. The number of fused-ring (bicyclic) bond motifs is 4. The van der Waals surface area contributed by atoms with Crippen LogP contribution in [0.3, 0.4) is 0 Å². The molecule has 0 aromatic carbocycles. The summed E-state index contributed by atoms with van der Waals surface area (Å²) in [6, 6.07) is 0. The van der Waals surface area contributed by atoms with Crippen LogP contribution in [0, 0.1) is 50.7 Å². The van der Waals surface area contributed by atoms with Crippen molar-refractivity contribution < 1.29 is 29.6 Å². The van der Waals surface area contributed by atoms with E-state index in [9.17, 15) is 20.1 Å². The van der Waals surface area contributed by atoms with Crippen LogP contribution in [0.25, 0.3) is 0 Å². The zero-order chi connectivity index (χ0) is 26.1. The van der Waals surface area contributed by atoms with Gasteiger partial charge in [-0.2, -0.15) is 0 Å². The summed E-state index contributed by atoms with van der Waals surface area (Å²) >= 11 is 0. The largest absolute Gasteiger partial charge is 0.393 e. The minimum absolute atomic E-state index is 0.0923. The lowest BCUT2D eigenvalue weighted by molar-refractivity contribution is -0.283. The molecule has 2 saturated heterocycles. The molecule has 2 bridgehead atoms. The van der Waals surface area contributed by atoms with Crippen LogP contribution >= 0.6 is 0 Å². The van der Waals surface area contributed by atoms with Gasteiger partial charge in [0.15, 0.2) is 11.6 Å². The average molecular weight is 501 g/mol. The summed E-state index contributed by atoms with van der Waals surface area (Å²) in [4.78, 5) is 12.9. The molecular formula is C30H44O6. The smallest absolute Gasteiger partial charge is 0.199 e. The van der Waals surface area contributed by atoms with Crippen molar-refractivity contribution in [3.8, 4) is 0 Å². The molecular weight excluding hydrogens is 456 g/mol. The van der Waals surface area contributed by atoms with E-state index in [0.717, 1.165) is 25.7 Å². The van der Waals surface area contributed by atoms with Gasteiger partial charge in [-0.1, -0.05) is 40.7 Å². The Labute approximate surface area is 214 Å². The third-order valence-corrected chi connectivity index (χ3v) is 13.5. The number of aliphatic hydroxyl groups is 3. The highest BCUT2D eigenvalue weighted by Gasteiger charge is 2.89. The van der Waals surface area contributed by atoms with Crippen LogP contribution in [0.15, 0.2) is 12.2 Å². The maximum absolute atomic E-state index is 12.9. The lowest BCUT2D eigenvalue weighted by atomic mass is 9.41. The van der Waals surface area contributed by atoms with Crippen molar-refractivity contribution in [2.24, 2.45) is 50.7 Å². The first-order valence-electron chi connectivity index (χ1n) is 14.2. The zero-order valence-corrected chi connectivity index (χ0v) is 22.9. The molecule has 6 heteroatoms. The second kappa shape index (κ2) is 6.33. The van der Waals surface area contributed by atoms with Gasteiger partial charge in [0, 0.05) is 22.2 Å². The summed E-state index contributed by atoms with van der Waals surface area (Å²) in [6.45, 7) is 14.3. The molecule has 0 unspecified atom stereocenters. The predicted molar refractivity (Wildman–Crippen MR) is 133 cm³/mol. The lowest BCUT2D eigenvalue weighted by Gasteiger charge is -2.63. The number of rotatable bonds is 1. The summed E-state index contributed by atoms with van der Waals surface area (Å²) in [5.74, 6) is -0.552. The SMILES string of the molecule is C[C@@H]1C[C@H]2O[C@@]3(O[C@@H]2C(C)(C)O)[C@H](O)[C@@]2(C)[C@@H]4CC[C@H]5C(C)(C)C(=O)C=C[C@@]56C[C@@]46C[C@@H](O)[C@]2(C)[C@@H]13. The Kier molecular flexibility index (Phi) is 4.27. The molecule has 6 nitrogen and oxygen atoms in total. The molecule has 3 spiro atoms. The Morgan fingerprint density at radius 2 is 1.69 bits per heavy atom. The van der Waals surface area contributed by atoms with Crippen LogP contribution in [0.1, 0.15) is 80.6 Å². The summed E-state index contributed by atoms with van der Waals surface area (Å²) in [5, 5.41) is 35.6. The number of hydrogen-bond donors (Lipinski definition) is 3. The van der Waals surface area contributed by atoms with Gasteiger partial charge in [-0.05, 0) is 80.6 Å². The number of allylic oxidation sites excluding steroid dienone is 2. The van der Waals surface area contributed by atoms with Crippen LogP contribution in [0.4, 0.5) is 0 Å². The molecule has 2 heterocycles. The monoisotopic (exact) mass is 500 g/mol. The second-order valence-corrected chi connectivity index (χ2v) is 15.4. The number of aliphatic hydroxyl groups excluding tert-OH is 2. The number of ether oxygens (including phenoxy) is 2. The van der Waals surface area contributed by atoms with Gasteiger partial charge in [-0.25, -0.2) is 0 Å². The molecule has 7 aliphatic rings. The van der Waals surface area contributed by atoms with Gasteiger partial charge in [0.05, 0.1) is 17.8 Å². The fourth-order valence-electron chi connectivity index (χ4n) is 12.0. The van der Waals surface area contributed by atoms with E-state index in [4.69, 9.17) is 9.47 Å². The molecule has 0 aromatic rings.